The molecule has 2 unspecified atom stereocenters. The molecule has 64 valence electrons. The van der Waals surface area contributed by atoms with Crippen molar-refractivity contribution < 1.29 is 4.79 Å². The molecule has 11 heavy (non-hydrogen) atoms. The van der Waals surface area contributed by atoms with Crippen molar-refractivity contribution in [2.75, 3.05) is 6.54 Å². The summed E-state index contributed by atoms with van der Waals surface area (Å²) in [6.45, 7) is 3.06. The van der Waals surface area contributed by atoms with E-state index in [9.17, 15) is 4.79 Å². The second-order valence-electron chi connectivity index (χ2n) is 3.18. The molecule has 0 saturated carbocycles. The van der Waals surface area contributed by atoms with Gasteiger partial charge in [0.15, 0.2) is 0 Å². The number of hydrogen-bond donors (Lipinski definition) is 2. The van der Waals surface area contributed by atoms with Gasteiger partial charge in [0.25, 0.3) is 0 Å². The van der Waals surface area contributed by atoms with Gasteiger partial charge in [-0.25, -0.2) is 0 Å². The summed E-state index contributed by atoms with van der Waals surface area (Å²) in [5.74, 6) is -0.0221. The zero-order valence-corrected chi connectivity index (χ0v) is 6.97. The van der Waals surface area contributed by atoms with Crippen molar-refractivity contribution >= 4 is 5.91 Å². The molecule has 0 aliphatic carbocycles. The number of nitrogens with two attached hydrogens (primary N) is 1. The molecule has 3 N–H and O–H groups in total. The summed E-state index contributed by atoms with van der Waals surface area (Å²) in [5.41, 5.74) is 5.22. The van der Waals surface area contributed by atoms with Gasteiger partial charge >= 0.3 is 0 Å². The first-order valence-electron chi connectivity index (χ1n) is 4.26. The van der Waals surface area contributed by atoms with E-state index in [-0.39, 0.29) is 11.8 Å². The number of carbonyl (C=O) groups excluding carboxylic acids is 1. The maximum absolute atomic E-state index is 10.8. The summed E-state index contributed by atoms with van der Waals surface area (Å²) in [7, 11) is 0. The highest BCUT2D eigenvalue weighted by molar-refractivity contribution is 5.76. The van der Waals surface area contributed by atoms with Crippen molar-refractivity contribution in [2.45, 2.75) is 32.2 Å². The highest BCUT2D eigenvalue weighted by Gasteiger charge is 2.23. The van der Waals surface area contributed by atoms with E-state index in [1.54, 1.807) is 0 Å². The second-order valence-corrected chi connectivity index (χ2v) is 3.18. The van der Waals surface area contributed by atoms with Crippen molar-refractivity contribution in [2.24, 2.45) is 11.7 Å². The smallest absolute Gasteiger partial charge is 0.220 e. The lowest BCUT2D eigenvalue weighted by Crippen LogP contribution is -2.41. The topological polar surface area (TPSA) is 55.1 Å². The third-order valence-electron chi connectivity index (χ3n) is 2.39. The Balaban J connectivity index is 2.39. The van der Waals surface area contributed by atoms with Crippen LogP contribution in [0.4, 0.5) is 0 Å². The van der Waals surface area contributed by atoms with Crippen LogP contribution in [0.25, 0.3) is 0 Å². The maximum atomic E-state index is 10.8. The molecule has 0 bridgehead atoms. The zero-order chi connectivity index (χ0) is 8.27. The molecule has 1 heterocycles. The molecular formula is C8H16N2O. The van der Waals surface area contributed by atoms with Crippen molar-refractivity contribution in [1.29, 1.82) is 0 Å². The standard InChI is InChI=1S/C8H16N2O/c1-2-7-5-6(8(9)11)3-4-10-7/h6-7,10H,2-5H2,1H3,(H2,9,11). The Hall–Kier alpha value is -0.570. The van der Waals surface area contributed by atoms with E-state index < -0.39 is 0 Å². The molecule has 2 atom stereocenters. The van der Waals surface area contributed by atoms with E-state index in [0.29, 0.717) is 6.04 Å². The molecule has 0 radical (unpaired) electrons. The van der Waals surface area contributed by atoms with Crippen LogP contribution in [0.3, 0.4) is 0 Å². The van der Waals surface area contributed by atoms with Crippen LogP contribution in [-0.2, 0) is 4.79 Å². The van der Waals surface area contributed by atoms with E-state index in [1.807, 2.05) is 0 Å². The first-order chi connectivity index (χ1) is 5.24. The molecule has 1 fully saturated rings. The van der Waals surface area contributed by atoms with Gasteiger partial charge in [0.1, 0.15) is 0 Å². The molecule has 0 aromatic rings. The minimum atomic E-state index is -0.134. The van der Waals surface area contributed by atoms with Crippen LogP contribution >= 0.6 is 0 Å². The maximum Gasteiger partial charge on any atom is 0.220 e. The summed E-state index contributed by atoms with van der Waals surface area (Å²) in [4.78, 5) is 10.8. The van der Waals surface area contributed by atoms with Crippen LogP contribution in [-0.4, -0.2) is 18.5 Å². The summed E-state index contributed by atoms with van der Waals surface area (Å²) in [6.07, 6.45) is 2.92. The molecule has 1 saturated heterocycles. The van der Waals surface area contributed by atoms with Crippen LogP contribution in [0.1, 0.15) is 26.2 Å². The van der Waals surface area contributed by atoms with Gasteiger partial charge in [0, 0.05) is 12.0 Å². The summed E-state index contributed by atoms with van der Waals surface area (Å²) < 4.78 is 0. The molecule has 1 aliphatic heterocycles. The summed E-state index contributed by atoms with van der Waals surface area (Å²) in [5, 5.41) is 3.35. The Bertz CT molecular complexity index is 147. The SMILES string of the molecule is CCC1CC(C(N)=O)CCN1. The van der Waals surface area contributed by atoms with Gasteiger partial charge in [0.05, 0.1) is 0 Å². The number of primary amides is 1. The van der Waals surface area contributed by atoms with Gasteiger partial charge in [0.2, 0.25) is 5.91 Å². The zero-order valence-electron chi connectivity index (χ0n) is 6.97. The average Bonchev–Trinajstić information content (AvgIpc) is 2.05. The van der Waals surface area contributed by atoms with E-state index in [2.05, 4.69) is 12.2 Å². The van der Waals surface area contributed by atoms with Gasteiger partial charge in [-0.3, -0.25) is 4.79 Å². The normalized spacial score (nSPS) is 31.7. The van der Waals surface area contributed by atoms with E-state index >= 15 is 0 Å². The molecule has 0 aromatic heterocycles. The molecule has 3 heteroatoms. The fourth-order valence-electron chi connectivity index (χ4n) is 1.58. The number of amides is 1. The Morgan fingerprint density at radius 1 is 1.73 bits per heavy atom. The minimum Gasteiger partial charge on any atom is -0.369 e. The number of carbonyl (C=O) groups is 1. The van der Waals surface area contributed by atoms with Crippen LogP contribution in [0.5, 0.6) is 0 Å². The molecule has 1 amide bonds. The minimum absolute atomic E-state index is 0.112. The fourth-order valence-corrected chi connectivity index (χ4v) is 1.58. The highest BCUT2D eigenvalue weighted by Crippen LogP contribution is 2.16. The molecular weight excluding hydrogens is 140 g/mol. The Kier molecular flexibility index (Phi) is 2.88. The second kappa shape index (κ2) is 3.72. The number of piperidine rings is 1. The molecule has 1 rings (SSSR count). The third-order valence-corrected chi connectivity index (χ3v) is 2.39. The largest absolute Gasteiger partial charge is 0.369 e. The van der Waals surface area contributed by atoms with Crippen LogP contribution in [0.2, 0.25) is 0 Å². The number of nitrogens with one attached hydrogen (secondary N) is 1. The van der Waals surface area contributed by atoms with E-state index in [4.69, 9.17) is 5.73 Å². The first-order valence-corrected chi connectivity index (χ1v) is 4.26. The Morgan fingerprint density at radius 2 is 2.45 bits per heavy atom. The number of rotatable bonds is 2. The van der Waals surface area contributed by atoms with Gasteiger partial charge in [-0.2, -0.15) is 0 Å². The summed E-state index contributed by atoms with van der Waals surface area (Å²) >= 11 is 0. The lowest BCUT2D eigenvalue weighted by molar-refractivity contribution is -0.122. The highest BCUT2D eigenvalue weighted by atomic mass is 16.1. The molecule has 0 aromatic carbocycles. The lowest BCUT2D eigenvalue weighted by Gasteiger charge is -2.27. The molecule has 0 spiro atoms. The molecule has 3 nitrogen and oxygen atoms in total. The predicted molar refractivity (Wildman–Crippen MR) is 44.0 cm³/mol. The van der Waals surface area contributed by atoms with E-state index in [1.165, 1.54) is 0 Å². The Morgan fingerprint density at radius 3 is 3.00 bits per heavy atom. The quantitative estimate of drug-likeness (QED) is 0.602. The van der Waals surface area contributed by atoms with Crippen molar-refractivity contribution in [3.8, 4) is 0 Å². The first kappa shape index (κ1) is 8.53. The van der Waals surface area contributed by atoms with Crippen molar-refractivity contribution in [1.82, 2.24) is 5.32 Å². The monoisotopic (exact) mass is 156 g/mol. The third kappa shape index (κ3) is 2.19. The van der Waals surface area contributed by atoms with Crippen LogP contribution in [0.15, 0.2) is 0 Å². The number of hydrogen-bond acceptors (Lipinski definition) is 2. The van der Waals surface area contributed by atoms with Crippen LogP contribution in [0, 0.1) is 5.92 Å². The van der Waals surface area contributed by atoms with Crippen molar-refractivity contribution in [3.05, 3.63) is 0 Å². The predicted octanol–water partition coefficient (Wildman–Crippen LogP) is 0.250. The lowest BCUT2D eigenvalue weighted by atomic mass is 9.91. The van der Waals surface area contributed by atoms with Gasteiger partial charge in [-0.05, 0) is 25.8 Å². The van der Waals surface area contributed by atoms with Gasteiger partial charge in [-0.1, -0.05) is 6.92 Å². The Labute approximate surface area is 67.3 Å². The van der Waals surface area contributed by atoms with Gasteiger partial charge in [-0.15, -0.1) is 0 Å². The molecule has 1 aliphatic rings. The van der Waals surface area contributed by atoms with Crippen LogP contribution < -0.4 is 11.1 Å². The van der Waals surface area contributed by atoms with E-state index in [0.717, 1.165) is 25.8 Å². The summed E-state index contributed by atoms with van der Waals surface area (Å²) in [6, 6.07) is 0.501. The average molecular weight is 156 g/mol. The fraction of sp³-hybridized carbons (Fsp3) is 0.875. The van der Waals surface area contributed by atoms with Crippen molar-refractivity contribution in [3.63, 3.8) is 0 Å². The van der Waals surface area contributed by atoms with Gasteiger partial charge < -0.3 is 11.1 Å².